The van der Waals surface area contributed by atoms with Gasteiger partial charge in [0.2, 0.25) is 0 Å². The van der Waals surface area contributed by atoms with E-state index < -0.39 is 37.8 Å². The summed E-state index contributed by atoms with van der Waals surface area (Å²) in [7, 11) is 0.538. The molecule has 0 fully saturated rings. The zero-order valence-electron chi connectivity index (χ0n) is 8.62. The van der Waals surface area contributed by atoms with Gasteiger partial charge in [0.1, 0.15) is 11.0 Å². The van der Waals surface area contributed by atoms with Gasteiger partial charge in [-0.1, -0.05) is 6.07 Å². The van der Waals surface area contributed by atoms with Gasteiger partial charge in [0.25, 0.3) is 9.05 Å². The molecule has 0 saturated carbocycles. The van der Waals surface area contributed by atoms with E-state index in [1.807, 2.05) is 0 Å². The first-order chi connectivity index (χ1) is 8.12. The fourth-order valence-corrected chi connectivity index (χ4v) is 2.44. The van der Waals surface area contributed by atoms with E-state index in [4.69, 9.17) is 21.7 Å². The lowest BCUT2D eigenvalue weighted by atomic mass is 10.0. The van der Waals surface area contributed by atoms with Crippen molar-refractivity contribution in [2.45, 2.75) is 17.6 Å². The van der Waals surface area contributed by atoms with Gasteiger partial charge in [-0.2, -0.15) is 18.4 Å². The molecule has 0 radical (unpaired) electrons. The first-order valence-electron chi connectivity index (χ1n) is 4.40. The molecular weight excluding hydrogens is 293 g/mol. The molecule has 0 unspecified atom stereocenters. The maximum absolute atomic E-state index is 12.8. The second kappa shape index (κ2) is 4.76. The van der Waals surface area contributed by atoms with Crippen LogP contribution in [0, 0.1) is 11.3 Å². The number of halogens is 4. The van der Waals surface area contributed by atoms with Crippen molar-refractivity contribution >= 4 is 19.7 Å². The second-order valence-corrected chi connectivity index (χ2v) is 5.76. The molecule has 0 aromatic heterocycles. The van der Waals surface area contributed by atoms with Gasteiger partial charge in [0, 0.05) is 17.2 Å². The van der Waals surface area contributed by atoms with Crippen molar-refractivity contribution in [3.8, 4) is 6.07 Å². The van der Waals surface area contributed by atoms with Gasteiger partial charge < -0.3 is 5.73 Å². The van der Waals surface area contributed by atoms with E-state index >= 15 is 0 Å². The number of benzene rings is 1. The molecule has 9 heteroatoms. The number of nitriles is 1. The van der Waals surface area contributed by atoms with Crippen LogP contribution in [0.2, 0.25) is 0 Å². The molecule has 0 amide bonds. The lowest BCUT2D eigenvalue weighted by Crippen LogP contribution is -2.16. The second-order valence-electron chi connectivity index (χ2n) is 3.22. The first-order valence-corrected chi connectivity index (χ1v) is 6.71. The summed E-state index contributed by atoms with van der Waals surface area (Å²) in [6, 6.07) is 2.93. The molecule has 4 nitrogen and oxygen atoms in total. The van der Waals surface area contributed by atoms with Crippen molar-refractivity contribution in [1.82, 2.24) is 0 Å². The standard InChI is InChI=1S/C9H6ClF3N2O2S/c10-18(16,17)7-2-1-5(3-14)8(6(7)4-15)9(11,12)13/h1-2H,3,14H2. The summed E-state index contributed by atoms with van der Waals surface area (Å²) in [6.07, 6.45) is -4.89. The smallest absolute Gasteiger partial charge is 0.326 e. The highest BCUT2D eigenvalue weighted by Crippen LogP contribution is 2.37. The molecule has 0 aliphatic rings. The monoisotopic (exact) mass is 298 g/mol. The molecular formula is C9H6ClF3N2O2S. The molecule has 98 valence electrons. The summed E-state index contributed by atoms with van der Waals surface area (Å²) < 4.78 is 60.6. The molecule has 0 bridgehead atoms. The van der Waals surface area contributed by atoms with E-state index in [-0.39, 0.29) is 5.56 Å². The number of nitrogens with zero attached hydrogens (tertiary/aromatic N) is 1. The van der Waals surface area contributed by atoms with Gasteiger partial charge in [-0.25, -0.2) is 8.42 Å². The Hall–Kier alpha value is -1.30. The van der Waals surface area contributed by atoms with E-state index in [1.165, 1.54) is 6.07 Å². The van der Waals surface area contributed by atoms with Crippen molar-refractivity contribution in [2.24, 2.45) is 5.73 Å². The van der Waals surface area contributed by atoms with E-state index in [0.29, 0.717) is 0 Å². The lowest BCUT2D eigenvalue weighted by Gasteiger charge is -2.15. The quantitative estimate of drug-likeness (QED) is 0.846. The average molecular weight is 299 g/mol. The predicted octanol–water partition coefficient (Wildman–Crippen LogP) is 1.96. The zero-order valence-corrected chi connectivity index (χ0v) is 10.2. The Morgan fingerprint density at radius 1 is 1.39 bits per heavy atom. The van der Waals surface area contributed by atoms with E-state index in [1.54, 1.807) is 0 Å². The van der Waals surface area contributed by atoms with Gasteiger partial charge in [0.05, 0.1) is 11.1 Å². The van der Waals surface area contributed by atoms with Gasteiger partial charge >= 0.3 is 6.18 Å². The van der Waals surface area contributed by atoms with Crippen LogP contribution >= 0.6 is 10.7 Å². The Morgan fingerprint density at radius 2 is 1.94 bits per heavy atom. The molecule has 0 saturated heterocycles. The highest BCUT2D eigenvalue weighted by Gasteiger charge is 2.38. The van der Waals surface area contributed by atoms with Crippen LogP contribution < -0.4 is 5.73 Å². The van der Waals surface area contributed by atoms with Crippen LogP contribution in [-0.2, 0) is 21.8 Å². The highest BCUT2D eigenvalue weighted by atomic mass is 35.7. The largest absolute Gasteiger partial charge is 0.418 e. The number of hydrogen-bond donors (Lipinski definition) is 1. The summed E-state index contributed by atoms with van der Waals surface area (Å²) in [6.45, 7) is -0.480. The summed E-state index contributed by atoms with van der Waals surface area (Å²) in [5, 5.41) is 8.73. The molecule has 1 aromatic rings. The third kappa shape index (κ3) is 2.75. The summed E-state index contributed by atoms with van der Waals surface area (Å²) in [4.78, 5) is -0.879. The molecule has 1 aromatic carbocycles. The number of nitrogens with two attached hydrogens (primary N) is 1. The van der Waals surface area contributed by atoms with E-state index in [9.17, 15) is 21.6 Å². The average Bonchev–Trinajstić information content (AvgIpc) is 2.24. The fraction of sp³-hybridized carbons (Fsp3) is 0.222. The van der Waals surface area contributed by atoms with Crippen LogP contribution in [0.25, 0.3) is 0 Å². The molecule has 0 spiro atoms. The molecule has 2 N–H and O–H groups in total. The number of rotatable bonds is 2. The minimum atomic E-state index is -4.89. The SMILES string of the molecule is N#Cc1c(S(=O)(=O)Cl)ccc(CN)c1C(F)(F)F. The lowest BCUT2D eigenvalue weighted by molar-refractivity contribution is -0.138. The summed E-state index contributed by atoms with van der Waals surface area (Å²) in [5.74, 6) is 0. The van der Waals surface area contributed by atoms with Crippen LogP contribution in [0.5, 0.6) is 0 Å². The maximum atomic E-state index is 12.8. The minimum absolute atomic E-state index is 0.372. The molecule has 18 heavy (non-hydrogen) atoms. The fourth-order valence-electron chi connectivity index (χ4n) is 1.43. The Morgan fingerprint density at radius 3 is 2.28 bits per heavy atom. The highest BCUT2D eigenvalue weighted by molar-refractivity contribution is 8.13. The topological polar surface area (TPSA) is 84.0 Å². The Balaban J connectivity index is 3.82. The van der Waals surface area contributed by atoms with Crippen molar-refractivity contribution in [2.75, 3.05) is 0 Å². The van der Waals surface area contributed by atoms with Crippen molar-refractivity contribution in [3.63, 3.8) is 0 Å². The minimum Gasteiger partial charge on any atom is -0.326 e. The number of hydrogen-bond acceptors (Lipinski definition) is 4. The Bertz CT molecular complexity index is 620. The van der Waals surface area contributed by atoms with Crippen molar-refractivity contribution in [3.05, 3.63) is 28.8 Å². The van der Waals surface area contributed by atoms with Crippen molar-refractivity contribution in [1.29, 1.82) is 5.26 Å². The van der Waals surface area contributed by atoms with Crippen molar-refractivity contribution < 1.29 is 21.6 Å². The molecule has 1 rings (SSSR count). The van der Waals surface area contributed by atoms with Gasteiger partial charge in [-0.3, -0.25) is 0 Å². The van der Waals surface area contributed by atoms with E-state index in [0.717, 1.165) is 12.1 Å². The maximum Gasteiger partial charge on any atom is 0.418 e. The summed E-state index contributed by atoms with van der Waals surface area (Å²) in [5.41, 5.74) is 2.36. The van der Waals surface area contributed by atoms with Gasteiger partial charge in [0.15, 0.2) is 0 Å². The van der Waals surface area contributed by atoms with E-state index in [2.05, 4.69) is 0 Å². The molecule has 0 heterocycles. The summed E-state index contributed by atoms with van der Waals surface area (Å²) >= 11 is 0. The van der Waals surface area contributed by atoms with Gasteiger partial charge in [-0.15, -0.1) is 0 Å². The Labute approximate surface area is 105 Å². The van der Waals surface area contributed by atoms with Crippen LogP contribution in [0.3, 0.4) is 0 Å². The number of alkyl halides is 3. The molecule has 0 aliphatic heterocycles. The van der Waals surface area contributed by atoms with Crippen LogP contribution in [0.4, 0.5) is 13.2 Å². The van der Waals surface area contributed by atoms with Crippen LogP contribution in [0.15, 0.2) is 17.0 Å². The van der Waals surface area contributed by atoms with Crippen LogP contribution in [0.1, 0.15) is 16.7 Å². The first kappa shape index (κ1) is 14.8. The zero-order chi connectivity index (χ0) is 14.1. The normalized spacial score (nSPS) is 12.2. The third-order valence-electron chi connectivity index (χ3n) is 2.13. The molecule has 0 atom stereocenters. The Kier molecular flexibility index (Phi) is 3.90. The molecule has 0 aliphatic carbocycles. The predicted molar refractivity (Wildman–Crippen MR) is 57.1 cm³/mol. The third-order valence-corrected chi connectivity index (χ3v) is 3.50. The van der Waals surface area contributed by atoms with Crippen LogP contribution in [-0.4, -0.2) is 8.42 Å². The van der Waals surface area contributed by atoms with Gasteiger partial charge in [-0.05, 0) is 11.6 Å².